The van der Waals surface area contributed by atoms with Gasteiger partial charge in [0, 0.05) is 168 Å². The highest BCUT2D eigenvalue weighted by molar-refractivity contribution is 7.86. The molecule has 4 atom stereocenters. The van der Waals surface area contributed by atoms with E-state index in [2.05, 4.69) is 54.6 Å². The largest absolute Gasteiger partial charge is 0.481 e. The fourth-order valence-corrected chi connectivity index (χ4v) is 17.7. The lowest BCUT2D eigenvalue weighted by molar-refractivity contribution is -0.142. The number of alkyl halides is 12. The molecule has 10 aromatic rings. The van der Waals surface area contributed by atoms with Gasteiger partial charge in [-0.05, 0) is 136 Å². The summed E-state index contributed by atoms with van der Waals surface area (Å²) < 4.78 is 203. The number of aliphatic hydroxyl groups excluding tert-OH is 1. The number of aryl methyl sites for hydroxylation is 2. The number of aliphatic hydroxyl groups is 1. The van der Waals surface area contributed by atoms with Crippen molar-refractivity contribution in [1.82, 2.24) is 57.3 Å². The van der Waals surface area contributed by atoms with Gasteiger partial charge in [0.2, 0.25) is 5.91 Å². The highest BCUT2D eigenvalue weighted by Gasteiger charge is 2.40. The van der Waals surface area contributed by atoms with E-state index in [1.54, 1.807) is 55.1 Å². The van der Waals surface area contributed by atoms with Crippen LogP contribution in [0, 0.1) is 23.7 Å². The Kier molecular flexibility index (Phi) is 35.1. The third-order valence-corrected chi connectivity index (χ3v) is 26.7. The second kappa shape index (κ2) is 44.7. The van der Waals surface area contributed by atoms with Crippen LogP contribution >= 0.6 is 0 Å². The van der Waals surface area contributed by atoms with Crippen LogP contribution < -0.4 is 42.1 Å². The summed E-state index contributed by atoms with van der Waals surface area (Å²) in [5.74, 6) is -1.05. The Morgan fingerprint density at radius 3 is 1.29 bits per heavy atom. The lowest BCUT2D eigenvalue weighted by Crippen LogP contribution is -2.40. The van der Waals surface area contributed by atoms with Crippen molar-refractivity contribution in [2.24, 2.45) is 23.7 Å². The lowest BCUT2D eigenvalue weighted by atomic mass is 10.1. The Hall–Kier alpha value is -10.7. The molecule has 4 aliphatic heterocycles. The number of hydrogen-bond acceptors (Lipinski definition) is 19. The van der Waals surface area contributed by atoms with Gasteiger partial charge in [-0.2, -0.15) is 71.3 Å². The van der Waals surface area contributed by atoms with Gasteiger partial charge in [-0.3, -0.25) is 60.5 Å². The molecule has 6 aromatic heterocycles. The minimum atomic E-state index is -4.50. The van der Waals surface area contributed by atoms with Crippen LogP contribution in [0.4, 0.5) is 75.4 Å². The highest BCUT2D eigenvalue weighted by atomic mass is 32.2. The first kappa shape index (κ1) is 104. The smallest absolute Gasteiger partial charge is 0.416 e. The number of rotatable bonds is 31. The average molecular weight is 1930 g/mol. The van der Waals surface area contributed by atoms with Crippen LogP contribution in [0.1, 0.15) is 101 Å². The number of imidazole rings is 2. The second-order valence-electron chi connectivity index (χ2n) is 35.9. The van der Waals surface area contributed by atoms with Crippen LogP contribution in [0.3, 0.4) is 0 Å². The summed E-state index contributed by atoms with van der Waals surface area (Å²) in [5, 5.41) is 29.2. The number of aromatic amines is 1. The number of carboxylic acids is 1. The van der Waals surface area contributed by atoms with E-state index in [1.807, 2.05) is 53.3 Å². The molecule has 3 N–H and O–H groups in total. The molecule has 4 fully saturated rings. The van der Waals surface area contributed by atoms with Gasteiger partial charge in [0.1, 0.15) is 25.1 Å². The summed E-state index contributed by atoms with van der Waals surface area (Å²) >= 11 is 0. The number of hydrogen-bond donors (Lipinski definition) is 3. The fourth-order valence-electron chi connectivity index (χ4n) is 15.7. The Labute approximate surface area is 763 Å². The predicted molar refractivity (Wildman–Crippen MR) is 487 cm³/mol. The van der Waals surface area contributed by atoms with Gasteiger partial charge < -0.3 is 39.3 Å². The highest BCUT2D eigenvalue weighted by Crippen LogP contribution is 2.39. The lowest BCUT2D eigenvalue weighted by Gasteiger charge is -2.20. The first-order chi connectivity index (χ1) is 62.5. The zero-order chi connectivity index (χ0) is 97.5. The number of benzene rings is 4. The van der Waals surface area contributed by atoms with E-state index in [-0.39, 0.29) is 85.6 Å². The summed E-state index contributed by atoms with van der Waals surface area (Å²) in [7, 11) is -6.07. The predicted octanol–water partition coefficient (Wildman–Crippen LogP) is 16.0. The fraction of sp³-hybridized carbons (Fsp3) is 0.528. The van der Waals surface area contributed by atoms with Crippen LogP contribution in [-0.2, 0) is 104 Å². The first-order valence-corrected chi connectivity index (χ1v) is 53.3. The Bertz CT molecular complexity index is 5980. The van der Waals surface area contributed by atoms with E-state index in [1.165, 1.54) is 51.6 Å². The SMILES string of the molecule is CCCn1c(=O)c2c(nc(-c3cn[nH]c3)n2COCC[Si](C)(C)C)n(CCC)c1=O.CCCn1c(=O)c2c(nc(-c3cnn(CC4CCN(c5cccc(C(F)(F)F)c5)C4)c3)n2COCC[Si](C)(C)C)n(CCC)c1=O.CS(=O)(=O)OCC1CCN(c2cccc(C(F)(F)F)c2)C1.O=C(O)C1CC(=O)N(c2cccc(C(F)(F)F)c2)C1.OCC1CCN(c2cccc(C(F)(F)F)c2)C1. The summed E-state index contributed by atoms with van der Waals surface area (Å²) in [5.41, 5.74) is 0.445. The van der Waals surface area contributed by atoms with Crippen molar-refractivity contribution in [3.63, 3.8) is 0 Å². The van der Waals surface area contributed by atoms with Crippen molar-refractivity contribution in [2.75, 3.05) is 98.1 Å². The number of aromatic nitrogens is 12. The van der Waals surface area contributed by atoms with Crippen molar-refractivity contribution < 1.29 is 94.6 Å². The quantitative estimate of drug-likeness (QED) is 0.0157. The van der Waals surface area contributed by atoms with Gasteiger partial charge in [-0.1, -0.05) is 91.2 Å². The third kappa shape index (κ3) is 28.0. The minimum absolute atomic E-state index is 0.00531. The van der Waals surface area contributed by atoms with Gasteiger partial charge in [0.05, 0.1) is 64.6 Å². The summed E-state index contributed by atoms with van der Waals surface area (Å²) in [6, 6.07) is 22.2. The molecule has 10 heterocycles. The number of fused-ring (bicyclic) bond motifs is 2. The number of ether oxygens (including phenoxy) is 2. The monoisotopic (exact) mass is 1930 g/mol. The van der Waals surface area contributed by atoms with Crippen LogP contribution in [0.15, 0.2) is 141 Å². The van der Waals surface area contributed by atoms with E-state index in [0.29, 0.717) is 167 Å². The Morgan fingerprint density at radius 2 is 0.910 bits per heavy atom. The van der Waals surface area contributed by atoms with Gasteiger partial charge >= 0.3 is 42.1 Å². The standard InChI is InChI=1S/C32H44F3N7O3Si.C20H32N6O3Si.C13H16F3NO3S.C12H10F3NO3.C12H14F3NO/c1-6-12-40-29-27(30(43)41(13-7-2)31(40)44)42(22-45-15-16-46(3,4)5)28(37-29)24-18-36-39(21-24)20-23-11-14-38(19-23)26-10-8-9-25(17-26)32(33,34)35;1-6-8-24-18-16(19(27)25(9-7-2)20(24)28)26(14-29-10-11-30(3,4)5)17(23-18)15-12-21-22-13-15;1-21(18,19)20-9-10-5-6-17(8-10)12-4-2-3-11(7-12)13(14,15)16;13-12(14,15)8-2-1-3-9(5-8)16-6-7(11(18)19)4-10(16)17;13-12(14,15)10-2-1-3-11(6-10)16-5-4-9(7-16)8-17/h8-10,17-18,21,23H,6-7,11-16,19-20,22H2,1-5H3;12-13H,6-11,14H2,1-5H3,(H,21,22);2-4,7,10H,5-6,8-9H2,1H3;1-3,5,7H,4,6H2,(H,18,19);1-3,6,9,17H,4-5,7-8H2. The molecule has 4 aliphatic rings. The number of nitrogens with one attached hydrogen (secondary N) is 1. The number of H-pyrrole nitrogens is 1. The Balaban J connectivity index is 0.000000182. The molecule has 44 heteroatoms. The van der Waals surface area contributed by atoms with Gasteiger partial charge in [0.25, 0.3) is 21.2 Å². The maximum absolute atomic E-state index is 13.8. The molecule has 0 aliphatic carbocycles. The molecule has 728 valence electrons. The number of aliphatic carboxylic acids is 1. The maximum atomic E-state index is 13.8. The molecule has 4 saturated heterocycles. The van der Waals surface area contributed by atoms with Gasteiger partial charge in [0.15, 0.2) is 22.3 Å². The molecule has 4 aromatic carbocycles. The van der Waals surface area contributed by atoms with E-state index in [9.17, 15) is 89.9 Å². The molecule has 0 radical (unpaired) electrons. The second-order valence-corrected chi connectivity index (χ2v) is 48.8. The van der Waals surface area contributed by atoms with Crippen LogP contribution in [0.5, 0.6) is 0 Å². The number of carbonyl (C=O) groups is 2. The molecule has 29 nitrogen and oxygen atoms in total. The van der Waals surface area contributed by atoms with Crippen molar-refractivity contribution in [3.05, 3.63) is 186 Å². The molecule has 0 saturated carbocycles. The van der Waals surface area contributed by atoms with Crippen molar-refractivity contribution >= 4 is 83.2 Å². The zero-order valence-electron chi connectivity index (χ0n) is 76.2. The van der Waals surface area contributed by atoms with Crippen LogP contribution in [-0.4, -0.2) is 183 Å². The third-order valence-electron chi connectivity index (χ3n) is 22.8. The van der Waals surface area contributed by atoms with E-state index >= 15 is 0 Å². The number of halogens is 12. The number of carbonyl (C=O) groups excluding carboxylic acids is 1. The van der Waals surface area contributed by atoms with Crippen molar-refractivity contribution in [1.29, 1.82) is 0 Å². The van der Waals surface area contributed by atoms with Gasteiger partial charge in [-0.25, -0.2) is 19.6 Å². The van der Waals surface area contributed by atoms with Crippen molar-refractivity contribution in [3.8, 4) is 22.8 Å². The van der Waals surface area contributed by atoms with E-state index < -0.39 is 91.0 Å². The van der Waals surface area contributed by atoms with Crippen molar-refractivity contribution in [2.45, 2.75) is 201 Å². The first-order valence-electron chi connectivity index (χ1n) is 44.1. The number of anilines is 4. The molecule has 133 heavy (non-hydrogen) atoms. The molecule has 1 amide bonds. The maximum Gasteiger partial charge on any atom is 0.416 e. The molecule has 0 bridgehead atoms. The normalized spacial score (nSPS) is 16.9. The molecule has 14 rings (SSSR count). The topological polar surface area (TPSA) is 320 Å². The molecule has 0 spiro atoms. The summed E-state index contributed by atoms with van der Waals surface area (Å²) in [4.78, 5) is 92.2. The van der Waals surface area contributed by atoms with Gasteiger partial charge in [-0.15, -0.1) is 0 Å². The number of carboxylic acid groups (broad SMARTS) is 1. The zero-order valence-corrected chi connectivity index (χ0v) is 79.0. The molecular formula is C89H116F12N16O13SSi2. The summed E-state index contributed by atoms with van der Waals surface area (Å²) in [6.07, 6.45) is -4.67. The summed E-state index contributed by atoms with van der Waals surface area (Å²) in [6.45, 7) is 29.0. The number of amides is 1. The average Bonchev–Trinajstić information content (AvgIpc) is 1.59. The van der Waals surface area contributed by atoms with Crippen LogP contribution in [0.2, 0.25) is 51.4 Å². The minimum Gasteiger partial charge on any atom is -0.481 e. The molecule has 4 unspecified atom stereocenters. The van der Waals surface area contributed by atoms with E-state index in [4.69, 9.17) is 33.8 Å². The Morgan fingerprint density at radius 1 is 0.519 bits per heavy atom. The van der Waals surface area contributed by atoms with Crippen LogP contribution in [0.25, 0.3) is 45.1 Å². The molecular weight excluding hydrogens is 1820 g/mol. The van der Waals surface area contributed by atoms with E-state index in [0.717, 1.165) is 84.5 Å². The number of nitrogens with zero attached hydrogens (tertiary/aromatic N) is 15.